The van der Waals surface area contributed by atoms with E-state index in [1.165, 1.54) is 0 Å². The van der Waals surface area contributed by atoms with E-state index >= 15 is 0 Å². The summed E-state index contributed by atoms with van der Waals surface area (Å²) in [4.78, 5) is 20.3. The van der Waals surface area contributed by atoms with E-state index < -0.39 is 11.7 Å². The third-order valence-electron chi connectivity index (χ3n) is 3.10. The number of carbonyl (C=O) groups is 1. The number of halogens is 1. The molecule has 0 atom stereocenters. The summed E-state index contributed by atoms with van der Waals surface area (Å²) in [6.45, 7) is 15.7. The van der Waals surface area contributed by atoms with Crippen molar-refractivity contribution in [1.82, 2.24) is 20.9 Å². The first-order chi connectivity index (χ1) is 12.0. The number of hydrogen-bond acceptors (Lipinski definition) is 5. The fourth-order valence-corrected chi connectivity index (χ4v) is 1.88. The quantitative estimate of drug-likeness (QED) is 0.243. The molecule has 0 fully saturated rings. The van der Waals surface area contributed by atoms with Crippen LogP contribution in [0.5, 0.6) is 0 Å². The van der Waals surface area contributed by atoms with Crippen LogP contribution in [0.2, 0.25) is 0 Å². The lowest BCUT2D eigenvalue weighted by atomic mass is 9.94. The van der Waals surface area contributed by atoms with Gasteiger partial charge in [-0.05, 0) is 27.7 Å². The number of aliphatic imine (C=N–C) groups is 1. The Bertz CT molecular complexity index is 603. The van der Waals surface area contributed by atoms with Crippen LogP contribution >= 0.6 is 24.0 Å². The second-order valence-electron chi connectivity index (χ2n) is 7.92. The summed E-state index contributed by atoms with van der Waals surface area (Å²) in [7, 11) is 0. The summed E-state index contributed by atoms with van der Waals surface area (Å²) in [6, 6.07) is 0. The predicted octanol–water partition coefficient (Wildman–Crippen LogP) is 3.17. The highest BCUT2D eigenvalue weighted by Gasteiger charge is 2.19. The van der Waals surface area contributed by atoms with Crippen LogP contribution in [0.1, 0.15) is 60.1 Å². The lowest BCUT2D eigenvalue weighted by molar-refractivity contribution is 0.0529. The Kier molecular flexibility index (Phi) is 10.7. The van der Waals surface area contributed by atoms with Crippen molar-refractivity contribution < 1.29 is 13.9 Å². The van der Waals surface area contributed by atoms with Crippen molar-refractivity contribution in [1.29, 1.82) is 0 Å². The molecule has 0 aliphatic rings. The third-order valence-corrected chi connectivity index (χ3v) is 3.10. The van der Waals surface area contributed by atoms with Gasteiger partial charge < -0.3 is 25.1 Å². The SMILES string of the molecule is CCNC(=NCc1ncc(C(C)(C)C)o1)NCCNC(=O)OC(C)(C)C.I. The number of guanidine groups is 1. The molecular formula is C18H34IN5O3. The van der Waals surface area contributed by atoms with Crippen molar-refractivity contribution in [3.63, 3.8) is 0 Å². The number of oxazole rings is 1. The summed E-state index contributed by atoms with van der Waals surface area (Å²) in [6.07, 6.45) is 1.31. The van der Waals surface area contributed by atoms with Crippen molar-refractivity contribution in [2.75, 3.05) is 19.6 Å². The minimum Gasteiger partial charge on any atom is -0.444 e. The molecule has 1 heterocycles. The molecule has 9 heteroatoms. The molecule has 1 rings (SSSR count). The van der Waals surface area contributed by atoms with Gasteiger partial charge in [0.1, 0.15) is 17.9 Å². The number of nitrogens with one attached hydrogen (secondary N) is 3. The lowest BCUT2D eigenvalue weighted by Crippen LogP contribution is -2.42. The number of amides is 1. The highest BCUT2D eigenvalue weighted by Crippen LogP contribution is 2.22. The highest BCUT2D eigenvalue weighted by atomic mass is 127. The third kappa shape index (κ3) is 11.0. The van der Waals surface area contributed by atoms with E-state index in [0.29, 0.717) is 31.5 Å². The van der Waals surface area contributed by atoms with Gasteiger partial charge in [-0.15, -0.1) is 24.0 Å². The molecule has 1 aromatic heterocycles. The average molecular weight is 495 g/mol. The minimum atomic E-state index is -0.504. The molecular weight excluding hydrogens is 461 g/mol. The first-order valence-electron chi connectivity index (χ1n) is 8.95. The molecule has 156 valence electrons. The normalized spacial score (nSPS) is 12.2. The molecule has 0 aliphatic carbocycles. The number of hydrogen-bond donors (Lipinski definition) is 3. The Hall–Kier alpha value is -1.52. The monoisotopic (exact) mass is 495 g/mol. The van der Waals surface area contributed by atoms with Crippen molar-refractivity contribution >= 4 is 36.0 Å². The maximum atomic E-state index is 11.6. The summed E-state index contributed by atoms with van der Waals surface area (Å²) < 4.78 is 10.9. The molecule has 27 heavy (non-hydrogen) atoms. The second-order valence-corrected chi connectivity index (χ2v) is 7.92. The lowest BCUT2D eigenvalue weighted by Gasteiger charge is -2.19. The number of aromatic nitrogens is 1. The molecule has 0 spiro atoms. The highest BCUT2D eigenvalue weighted by molar-refractivity contribution is 14.0. The standard InChI is InChI=1S/C18H33N5O3.HI/c1-8-19-15(20-9-10-21-16(24)26-18(5,6)7)23-12-14-22-11-13(25-14)17(2,3)4;/h11H,8-10,12H2,1-7H3,(H,21,24)(H2,19,20,23);1H. The van der Waals surface area contributed by atoms with Gasteiger partial charge in [0.15, 0.2) is 5.96 Å². The van der Waals surface area contributed by atoms with E-state index in [4.69, 9.17) is 9.15 Å². The Morgan fingerprint density at radius 2 is 1.78 bits per heavy atom. The minimum absolute atomic E-state index is 0. The molecule has 3 N–H and O–H groups in total. The first-order valence-corrected chi connectivity index (χ1v) is 8.95. The van der Waals surface area contributed by atoms with Gasteiger partial charge in [-0.3, -0.25) is 0 Å². The molecule has 1 amide bonds. The fraction of sp³-hybridized carbons (Fsp3) is 0.722. The Balaban J connectivity index is 0.00000676. The zero-order valence-corrected chi connectivity index (χ0v) is 19.8. The van der Waals surface area contributed by atoms with Crippen molar-refractivity contribution in [2.24, 2.45) is 4.99 Å². The number of rotatable bonds is 6. The smallest absolute Gasteiger partial charge is 0.407 e. The zero-order valence-electron chi connectivity index (χ0n) is 17.4. The first kappa shape index (κ1) is 25.5. The van der Waals surface area contributed by atoms with E-state index in [-0.39, 0.29) is 29.4 Å². The van der Waals surface area contributed by atoms with Gasteiger partial charge in [0.2, 0.25) is 5.89 Å². The molecule has 1 aromatic rings. The van der Waals surface area contributed by atoms with Crippen LogP contribution in [0.4, 0.5) is 4.79 Å². The molecule has 0 aromatic carbocycles. The van der Waals surface area contributed by atoms with Crippen LogP contribution in [0, 0.1) is 0 Å². The number of nitrogens with zero attached hydrogens (tertiary/aromatic N) is 2. The average Bonchev–Trinajstić information content (AvgIpc) is 2.96. The summed E-state index contributed by atoms with van der Waals surface area (Å²) in [5.41, 5.74) is -0.582. The number of ether oxygens (including phenoxy) is 1. The topological polar surface area (TPSA) is 101 Å². The maximum Gasteiger partial charge on any atom is 0.407 e. The molecule has 8 nitrogen and oxygen atoms in total. The summed E-state index contributed by atoms with van der Waals surface area (Å²) >= 11 is 0. The van der Waals surface area contributed by atoms with Crippen molar-refractivity contribution in [3.05, 3.63) is 17.8 Å². The van der Waals surface area contributed by atoms with E-state index in [1.54, 1.807) is 6.20 Å². The van der Waals surface area contributed by atoms with Gasteiger partial charge in [0.05, 0.1) is 6.20 Å². The Labute approximate surface area is 179 Å². The summed E-state index contributed by atoms with van der Waals surface area (Å²) in [5.74, 6) is 2.04. The van der Waals surface area contributed by atoms with Crippen molar-refractivity contribution in [2.45, 2.75) is 66.0 Å². The molecule has 0 saturated carbocycles. The zero-order chi connectivity index (χ0) is 19.8. The van der Waals surface area contributed by atoms with Crippen LogP contribution in [0.15, 0.2) is 15.6 Å². The van der Waals surface area contributed by atoms with E-state index in [1.807, 2.05) is 27.7 Å². The van der Waals surface area contributed by atoms with Crippen LogP contribution < -0.4 is 16.0 Å². The molecule has 0 saturated heterocycles. The van der Waals surface area contributed by atoms with Gasteiger partial charge in [0.25, 0.3) is 0 Å². The van der Waals surface area contributed by atoms with E-state index in [9.17, 15) is 4.79 Å². The van der Waals surface area contributed by atoms with Gasteiger partial charge in [0, 0.05) is 25.0 Å². The van der Waals surface area contributed by atoms with Gasteiger partial charge >= 0.3 is 6.09 Å². The van der Waals surface area contributed by atoms with E-state index in [2.05, 4.69) is 46.7 Å². The second kappa shape index (κ2) is 11.4. The molecule has 0 aliphatic heterocycles. The van der Waals surface area contributed by atoms with Crippen LogP contribution in [0.25, 0.3) is 0 Å². The van der Waals surface area contributed by atoms with Gasteiger partial charge in [-0.25, -0.2) is 14.8 Å². The molecule has 0 unspecified atom stereocenters. The maximum absolute atomic E-state index is 11.6. The largest absolute Gasteiger partial charge is 0.444 e. The Morgan fingerprint density at radius 3 is 2.30 bits per heavy atom. The van der Waals surface area contributed by atoms with Crippen molar-refractivity contribution in [3.8, 4) is 0 Å². The Morgan fingerprint density at radius 1 is 1.15 bits per heavy atom. The van der Waals surface area contributed by atoms with Crippen LogP contribution in [0.3, 0.4) is 0 Å². The van der Waals surface area contributed by atoms with Gasteiger partial charge in [-0.1, -0.05) is 20.8 Å². The molecule has 0 radical (unpaired) electrons. The molecule has 0 bridgehead atoms. The fourth-order valence-electron chi connectivity index (χ4n) is 1.88. The summed E-state index contributed by atoms with van der Waals surface area (Å²) in [5, 5.41) is 8.98. The van der Waals surface area contributed by atoms with E-state index in [0.717, 1.165) is 12.3 Å². The van der Waals surface area contributed by atoms with Crippen LogP contribution in [-0.2, 0) is 16.7 Å². The van der Waals surface area contributed by atoms with Gasteiger partial charge in [-0.2, -0.15) is 0 Å². The number of alkyl carbamates (subject to hydrolysis) is 1. The predicted molar refractivity (Wildman–Crippen MR) is 118 cm³/mol. The number of carbonyl (C=O) groups excluding carboxylic acids is 1. The van der Waals surface area contributed by atoms with Crippen LogP contribution in [-0.4, -0.2) is 42.3 Å².